The van der Waals surface area contributed by atoms with Crippen LogP contribution in [0.5, 0.6) is 0 Å². The van der Waals surface area contributed by atoms with Crippen LogP contribution in [0.25, 0.3) is 0 Å². The van der Waals surface area contributed by atoms with Crippen LogP contribution in [0.2, 0.25) is 18.1 Å². The summed E-state index contributed by atoms with van der Waals surface area (Å²) in [4.78, 5) is 0. The molecule has 1 aromatic rings. The summed E-state index contributed by atoms with van der Waals surface area (Å²) in [7, 11) is -1.69. The third-order valence-electron chi connectivity index (χ3n) is 4.91. The van der Waals surface area contributed by atoms with E-state index in [1.165, 1.54) is 11.1 Å². The maximum atomic E-state index is 6.49. The molecule has 0 saturated heterocycles. The first-order chi connectivity index (χ1) is 9.38. The number of hydrogen-bond acceptors (Lipinski definition) is 1. The lowest BCUT2D eigenvalue weighted by Crippen LogP contribution is -2.44. The summed E-state index contributed by atoms with van der Waals surface area (Å²) >= 11 is 0. The third kappa shape index (κ3) is 4.43. The summed E-state index contributed by atoms with van der Waals surface area (Å²) in [5.74, 6) is 0.549. The van der Waals surface area contributed by atoms with Crippen molar-refractivity contribution in [3.63, 3.8) is 0 Å². The van der Waals surface area contributed by atoms with Gasteiger partial charge in [0.1, 0.15) is 0 Å². The Balaban J connectivity index is 2.98. The lowest BCUT2D eigenvalue weighted by atomic mass is 9.80. The van der Waals surface area contributed by atoms with Gasteiger partial charge >= 0.3 is 0 Å². The second-order valence-electron chi connectivity index (χ2n) is 8.67. The zero-order chi connectivity index (χ0) is 16.5. The molecule has 0 spiro atoms. The van der Waals surface area contributed by atoms with E-state index in [1.807, 2.05) is 0 Å². The molecule has 1 nitrogen and oxygen atoms in total. The smallest absolute Gasteiger partial charge is 0.192 e. The van der Waals surface area contributed by atoms with Crippen LogP contribution >= 0.6 is 0 Å². The lowest BCUT2D eigenvalue weighted by Gasteiger charge is -2.39. The molecule has 0 fully saturated rings. The van der Waals surface area contributed by atoms with E-state index < -0.39 is 8.32 Å². The Bertz CT molecular complexity index is 467. The molecule has 0 aliphatic rings. The second kappa shape index (κ2) is 6.25. The third-order valence-corrected chi connectivity index (χ3v) is 9.39. The minimum absolute atomic E-state index is 0.0520. The Morgan fingerprint density at radius 1 is 1.00 bits per heavy atom. The van der Waals surface area contributed by atoms with Gasteiger partial charge in [-0.1, -0.05) is 72.7 Å². The fraction of sp³-hybridized carbons (Fsp3) is 0.684. The Morgan fingerprint density at radius 2 is 1.52 bits per heavy atom. The summed E-state index contributed by atoms with van der Waals surface area (Å²) in [6.45, 7) is 21.5. The molecule has 0 N–H and O–H groups in total. The first-order valence-electron chi connectivity index (χ1n) is 8.12. The normalized spacial score (nSPS) is 13.8. The predicted molar refractivity (Wildman–Crippen MR) is 96.7 cm³/mol. The van der Waals surface area contributed by atoms with Crippen LogP contribution in [-0.2, 0) is 9.84 Å². The first-order valence-corrected chi connectivity index (χ1v) is 11.0. The monoisotopic (exact) mass is 306 g/mol. The predicted octanol–water partition coefficient (Wildman–Crippen LogP) is 6.11. The molecule has 0 bridgehead atoms. The topological polar surface area (TPSA) is 9.23 Å². The molecule has 0 aliphatic heterocycles. The average molecular weight is 307 g/mol. The van der Waals surface area contributed by atoms with Crippen LogP contribution in [0, 0.1) is 0 Å². The van der Waals surface area contributed by atoms with Crippen molar-refractivity contribution >= 4 is 8.32 Å². The van der Waals surface area contributed by atoms with Gasteiger partial charge in [-0.3, -0.25) is 0 Å². The van der Waals surface area contributed by atoms with E-state index in [-0.39, 0.29) is 10.5 Å². The zero-order valence-corrected chi connectivity index (χ0v) is 16.5. The Morgan fingerprint density at radius 3 is 2.00 bits per heavy atom. The number of hydrogen-bond donors (Lipinski definition) is 0. The van der Waals surface area contributed by atoms with Crippen LogP contribution in [0.3, 0.4) is 0 Å². The fourth-order valence-electron chi connectivity index (χ4n) is 2.27. The van der Waals surface area contributed by atoms with Crippen LogP contribution < -0.4 is 0 Å². The molecule has 0 radical (unpaired) electrons. The molecular weight excluding hydrogens is 272 g/mol. The maximum absolute atomic E-state index is 6.49. The zero-order valence-electron chi connectivity index (χ0n) is 15.5. The van der Waals surface area contributed by atoms with Crippen molar-refractivity contribution in [1.29, 1.82) is 0 Å². The summed E-state index contributed by atoms with van der Waals surface area (Å²) in [5, 5.41) is 0.265. The molecule has 0 aliphatic carbocycles. The van der Waals surface area contributed by atoms with Gasteiger partial charge in [0.15, 0.2) is 8.32 Å². The van der Waals surface area contributed by atoms with E-state index in [0.717, 1.165) is 6.61 Å². The fourth-order valence-corrected chi connectivity index (χ4v) is 3.43. The Hall–Kier alpha value is -0.603. The maximum Gasteiger partial charge on any atom is 0.192 e. The van der Waals surface area contributed by atoms with Crippen molar-refractivity contribution in [3.05, 3.63) is 35.4 Å². The molecule has 0 atom stereocenters. The highest BCUT2D eigenvalue weighted by atomic mass is 28.4. The van der Waals surface area contributed by atoms with Crippen molar-refractivity contribution < 1.29 is 4.43 Å². The van der Waals surface area contributed by atoms with Crippen LogP contribution in [0.1, 0.15) is 65.5 Å². The minimum Gasteiger partial charge on any atom is -0.416 e. The standard InChI is InChI=1S/C19H34OSi/c1-15(2)16-12-10-11-13-17(16)19(6,7)14-20-21(8,9)18(3,4)5/h10-13,15H,14H2,1-9H3. The van der Waals surface area contributed by atoms with Crippen molar-refractivity contribution in [2.75, 3.05) is 6.61 Å². The molecule has 2 heteroatoms. The van der Waals surface area contributed by atoms with E-state index in [1.54, 1.807) is 0 Å². The van der Waals surface area contributed by atoms with E-state index >= 15 is 0 Å². The van der Waals surface area contributed by atoms with Gasteiger partial charge in [0.2, 0.25) is 0 Å². The highest BCUT2D eigenvalue weighted by Crippen LogP contribution is 2.39. The molecule has 0 aromatic heterocycles. The first kappa shape index (κ1) is 18.4. The van der Waals surface area contributed by atoms with Crippen molar-refractivity contribution in [3.8, 4) is 0 Å². The molecule has 0 unspecified atom stereocenters. The van der Waals surface area contributed by atoms with Crippen molar-refractivity contribution in [1.82, 2.24) is 0 Å². The van der Waals surface area contributed by atoms with E-state index in [4.69, 9.17) is 4.43 Å². The van der Waals surface area contributed by atoms with Gasteiger partial charge in [-0.05, 0) is 35.2 Å². The van der Waals surface area contributed by atoms with E-state index in [2.05, 4.69) is 85.8 Å². The van der Waals surface area contributed by atoms with Gasteiger partial charge in [-0.15, -0.1) is 0 Å². The largest absolute Gasteiger partial charge is 0.416 e. The highest BCUT2D eigenvalue weighted by Gasteiger charge is 2.39. The molecule has 120 valence electrons. The minimum atomic E-state index is -1.69. The van der Waals surface area contributed by atoms with Crippen LogP contribution in [0.4, 0.5) is 0 Å². The summed E-state index contributed by atoms with van der Waals surface area (Å²) in [6, 6.07) is 8.82. The summed E-state index contributed by atoms with van der Waals surface area (Å²) in [6.07, 6.45) is 0. The van der Waals surface area contributed by atoms with Gasteiger partial charge in [0, 0.05) is 12.0 Å². The average Bonchev–Trinajstić information content (AvgIpc) is 2.35. The van der Waals surface area contributed by atoms with Gasteiger partial charge in [-0.2, -0.15) is 0 Å². The van der Waals surface area contributed by atoms with Gasteiger partial charge in [0.25, 0.3) is 0 Å². The number of rotatable bonds is 5. The van der Waals surface area contributed by atoms with Gasteiger partial charge in [-0.25, -0.2) is 0 Å². The molecule has 1 rings (SSSR count). The molecule has 0 amide bonds. The molecule has 0 heterocycles. The second-order valence-corrected chi connectivity index (χ2v) is 13.5. The van der Waals surface area contributed by atoms with Crippen molar-refractivity contribution in [2.24, 2.45) is 0 Å². The van der Waals surface area contributed by atoms with E-state index in [0.29, 0.717) is 5.92 Å². The SMILES string of the molecule is CC(C)c1ccccc1C(C)(C)CO[Si](C)(C)C(C)(C)C. The highest BCUT2D eigenvalue weighted by molar-refractivity contribution is 6.74. The van der Waals surface area contributed by atoms with Crippen molar-refractivity contribution in [2.45, 2.75) is 77.9 Å². The quantitative estimate of drug-likeness (QED) is 0.596. The van der Waals surface area contributed by atoms with Crippen LogP contribution in [0.15, 0.2) is 24.3 Å². The molecule has 0 saturated carbocycles. The van der Waals surface area contributed by atoms with E-state index in [9.17, 15) is 0 Å². The summed E-state index contributed by atoms with van der Waals surface area (Å²) < 4.78 is 6.49. The van der Waals surface area contributed by atoms with Gasteiger partial charge in [0.05, 0.1) is 0 Å². The molecule has 21 heavy (non-hydrogen) atoms. The summed E-state index contributed by atoms with van der Waals surface area (Å²) in [5.41, 5.74) is 2.93. The number of benzene rings is 1. The Labute approximate surface area is 133 Å². The Kier molecular flexibility index (Phi) is 5.49. The lowest BCUT2D eigenvalue weighted by molar-refractivity contribution is 0.219. The van der Waals surface area contributed by atoms with Gasteiger partial charge < -0.3 is 4.43 Å². The molecular formula is C19H34OSi. The van der Waals surface area contributed by atoms with Crippen LogP contribution in [-0.4, -0.2) is 14.9 Å². The molecule has 1 aromatic carbocycles.